The van der Waals surface area contributed by atoms with Gasteiger partial charge in [0.1, 0.15) is 23.6 Å². The molecule has 0 saturated heterocycles. The fourth-order valence-corrected chi connectivity index (χ4v) is 4.75. The zero-order valence-corrected chi connectivity index (χ0v) is 20.8. The SMILES string of the molecule is COc1ccc(Cl)cc1-c1nn(CC(=O)N(C)C2CCCC2)cc1NC(=O)c1cnn2cccnc12. The van der Waals surface area contributed by atoms with Crippen LogP contribution in [0.25, 0.3) is 16.9 Å². The van der Waals surface area contributed by atoms with Crippen molar-refractivity contribution in [2.45, 2.75) is 38.3 Å². The molecule has 10 nitrogen and oxygen atoms in total. The predicted molar refractivity (Wildman–Crippen MR) is 135 cm³/mol. The van der Waals surface area contributed by atoms with Crippen LogP contribution in [0.3, 0.4) is 0 Å². The van der Waals surface area contributed by atoms with E-state index < -0.39 is 5.91 Å². The molecule has 2 amide bonds. The van der Waals surface area contributed by atoms with Crippen LogP contribution in [-0.4, -0.2) is 61.3 Å². The normalized spacial score (nSPS) is 13.8. The van der Waals surface area contributed by atoms with Gasteiger partial charge in [-0.25, -0.2) is 9.50 Å². The van der Waals surface area contributed by atoms with Crippen molar-refractivity contribution in [3.05, 3.63) is 59.6 Å². The number of hydrogen-bond donors (Lipinski definition) is 1. The van der Waals surface area contributed by atoms with Crippen LogP contribution in [0.15, 0.2) is 49.1 Å². The molecule has 0 radical (unpaired) electrons. The molecule has 1 aliphatic carbocycles. The van der Waals surface area contributed by atoms with Gasteiger partial charge in [-0.05, 0) is 37.1 Å². The van der Waals surface area contributed by atoms with Gasteiger partial charge in [0.2, 0.25) is 5.91 Å². The van der Waals surface area contributed by atoms with Gasteiger partial charge in [-0.2, -0.15) is 10.2 Å². The monoisotopic (exact) mass is 507 g/mol. The molecule has 0 unspecified atom stereocenters. The number of fused-ring (bicyclic) bond motifs is 1. The number of rotatable bonds is 7. The standard InChI is InChI=1S/C25H26ClN7O3/c1-31(17-6-3-4-7-17)22(34)15-32-14-20(23(30-32)18-12-16(26)8-9-21(18)36-2)29-25(35)19-13-28-33-11-5-10-27-24(19)33/h5,8-14,17H,3-4,6-7,15H2,1-2H3,(H,29,35). The second kappa shape index (κ2) is 9.98. The number of methoxy groups -OCH3 is 1. The molecule has 0 bridgehead atoms. The second-order valence-electron chi connectivity index (χ2n) is 8.78. The molecule has 0 atom stereocenters. The van der Waals surface area contributed by atoms with Crippen molar-refractivity contribution < 1.29 is 14.3 Å². The van der Waals surface area contributed by atoms with Crippen LogP contribution >= 0.6 is 11.6 Å². The number of amides is 2. The molecule has 0 aliphatic heterocycles. The maximum absolute atomic E-state index is 13.2. The number of aromatic nitrogens is 5. The Kier molecular flexibility index (Phi) is 6.60. The van der Waals surface area contributed by atoms with Crippen LogP contribution in [0.4, 0.5) is 5.69 Å². The Hall–Kier alpha value is -3.92. The first kappa shape index (κ1) is 23.8. The molecule has 11 heteroatoms. The summed E-state index contributed by atoms with van der Waals surface area (Å²) >= 11 is 6.28. The lowest BCUT2D eigenvalue weighted by Gasteiger charge is -2.24. The van der Waals surface area contributed by atoms with Gasteiger partial charge in [-0.1, -0.05) is 24.4 Å². The maximum Gasteiger partial charge on any atom is 0.261 e. The lowest BCUT2D eigenvalue weighted by Crippen LogP contribution is -2.37. The predicted octanol–water partition coefficient (Wildman–Crippen LogP) is 3.91. The zero-order valence-electron chi connectivity index (χ0n) is 20.0. The van der Waals surface area contributed by atoms with E-state index in [4.69, 9.17) is 16.3 Å². The first-order valence-corrected chi connectivity index (χ1v) is 12.1. The Morgan fingerprint density at radius 3 is 2.86 bits per heavy atom. The summed E-state index contributed by atoms with van der Waals surface area (Å²) in [7, 11) is 3.39. The summed E-state index contributed by atoms with van der Waals surface area (Å²) < 4.78 is 8.58. The van der Waals surface area contributed by atoms with E-state index in [-0.39, 0.29) is 18.5 Å². The molecular weight excluding hydrogens is 482 g/mol. The molecule has 1 N–H and O–H groups in total. The Morgan fingerprint density at radius 1 is 1.28 bits per heavy atom. The van der Waals surface area contributed by atoms with Gasteiger partial charge in [0, 0.05) is 42.3 Å². The summed E-state index contributed by atoms with van der Waals surface area (Å²) in [5.41, 5.74) is 2.17. The van der Waals surface area contributed by atoms with Gasteiger partial charge in [-0.15, -0.1) is 0 Å². The summed E-state index contributed by atoms with van der Waals surface area (Å²) in [6.45, 7) is 0.0387. The maximum atomic E-state index is 13.2. The highest BCUT2D eigenvalue weighted by molar-refractivity contribution is 6.31. The molecular formula is C25H26ClN7O3. The van der Waals surface area contributed by atoms with Crippen LogP contribution in [0.1, 0.15) is 36.0 Å². The highest BCUT2D eigenvalue weighted by Gasteiger charge is 2.25. The molecule has 3 aromatic heterocycles. The minimum atomic E-state index is -0.403. The van der Waals surface area contributed by atoms with Crippen molar-refractivity contribution in [1.82, 2.24) is 29.3 Å². The third kappa shape index (κ3) is 4.64. The fourth-order valence-electron chi connectivity index (χ4n) is 4.58. The molecule has 1 aliphatic rings. The van der Waals surface area contributed by atoms with E-state index in [0.29, 0.717) is 38.9 Å². The highest BCUT2D eigenvalue weighted by Crippen LogP contribution is 2.36. The van der Waals surface area contributed by atoms with Crippen molar-refractivity contribution >= 4 is 34.7 Å². The average molecular weight is 508 g/mol. The molecule has 1 fully saturated rings. The number of anilines is 1. The van der Waals surface area contributed by atoms with Gasteiger partial charge in [0.15, 0.2) is 5.65 Å². The van der Waals surface area contributed by atoms with E-state index in [0.717, 1.165) is 25.7 Å². The van der Waals surface area contributed by atoms with E-state index in [1.54, 1.807) is 54.9 Å². The van der Waals surface area contributed by atoms with Crippen LogP contribution in [0, 0.1) is 0 Å². The Morgan fingerprint density at radius 2 is 2.08 bits per heavy atom. The third-order valence-electron chi connectivity index (χ3n) is 6.51. The van der Waals surface area contributed by atoms with Crippen LogP contribution < -0.4 is 10.1 Å². The van der Waals surface area contributed by atoms with Crippen LogP contribution in [0.5, 0.6) is 5.75 Å². The van der Waals surface area contributed by atoms with Gasteiger partial charge >= 0.3 is 0 Å². The number of nitrogens with zero attached hydrogens (tertiary/aromatic N) is 6. The molecule has 36 heavy (non-hydrogen) atoms. The van der Waals surface area contributed by atoms with E-state index in [2.05, 4.69) is 20.5 Å². The van der Waals surface area contributed by atoms with E-state index >= 15 is 0 Å². The second-order valence-corrected chi connectivity index (χ2v) is 9.21. The average Bonchev–Trinajstić information content (AvgIpc) is 3.63. The minimum Gasteiger partial charge on any atom is -0.496 e. The molecule has 186 valence electrons. The van der Waals surface area contributed by atoms with E-state index in [9.17, 15) is 9.59 Å². The Labute approximate surface area is 212 Å². The summed E-state index contributed by atoms with van der Waals surface area (Å²) in [5.74, 6) is 0.0887. The molecule has 1 aromatic carbocycles. The van der Waals surface area contributed by atoms with Crippen molar-refractivity contribution in [1.29, 1.82) is 0 Å². The quantitative estimate of drug-likeness (QED) is 0.406. The summed E-state index contributed by atoms with van der Waals surface area (Å²) in [6.07, 6.45) is 10.7. The lowest BCUT2D eigenvalue weighted by molar-refractivity contribution is -0.132. The molecule has 3 heterocycles. The van der Waals surface area contributed by atoms with Crippen molar-refractivity contribution in [3.63, 3.8) is 0 Å². The zero-order chi connectivity index (χ0) is 25.2. The van der Waals surface area contributed by atoms with E-state index in [1.807, 2.05) is 7.05 Å². The summed E-state index contributed by atoms with van der Waals surface area (Å²) in [5, 5.41) is 12.2. The number of carbonyl (C=O) groups is 2. The topological polar surface area (TPSA) is 107 Å². The minimum absolute atomic E-state index is 0.0387. The van der Waals surface area contributed by atoms with Crippen molar-refractivity contribution in [2.24, 2.45) is 0 Å². The van der Waals surface area contributed by atoms with Crippen molar-refractivity contribution in [3.8, 4) is 17.0 Å². The highest BCUT2D eigenvalue weighted by atomic mass is 35.5. The van der Waals surface area contributed by atoms with Gasteiger partial charge in [0.05, 0.1) is 19.0 Å². The Bertz CT molecular complexity index is 1420. The first-order chi connectivity index (χ1) is 17.4. The van der Waals surface area contributed by atoms with Gasteiger partial charge in [0.25, 0.3) is 5.91 Å². The fraction of sp³-hybridized carbons (Fsp3) is 0.320. The molecule has 0 spiro atoms. The molecule has 1 saturated carbocycles. The lowest BCUT2D eigenvalue weighted by atomic mass is 10.1. The number of nitrogens with one attached hydrogen (secondary N) is 1. The smallest absolute Gasteiger partial charge is 0.261 e. The number of likely N-dealkylation sites (N-methyl/N-ethyl adjacent to an activating group) is 1. The Balaban J connectivity index is 1.49. The first-order valence-electron chi connectivity index (χ1n) is 11.7. The van der Waals surface area contributed by atoms with E-state index in [1.165, 1.54) is 15.4 Å². The number of ether oxygens (including phenoxy) is 1. The summed E-state index contributed by atoms with van der Waals surface area (Å²) in [4.78, 5) is 32.3. The van der Waals surface area contributed by atoms with Crippen LogP contribution in [-0.2, 0) is 11.3 Å². The molecule has 4 aromatic rings. The van der Waals surface area contributed by atoms with Crippen molar-refractivity contribution in [2.75, 3.05) is 19.5 Å². The summed E-state index contributed by atoms with van der Waals surface area (Å²) in [6, 6.07) is 7.14. The largest absolute Gasteiger partial charge is 0.496 e. The number of halogens is 1. The number of hydrogen-bond acceptors (Lipinski definition) is 6. The van der Waals surface area contributed by atoms with Gasteiger partial charge in [-0.3, -0.25) is 14.3 Å². The molecule has 5 rings (SSSR count). The number of benzene rings is 1. The van der Waals surface area contributed by atoms with Gasteiger partial charge < -0.3 is 15.0 Å². The number of carbonyl (C=O) groups excluding carboxylic acids is 2. The van der Waals surface area contributed by atoms with Crippen LogP contribution in [0.2, 0.25) is 5.02 Å². The third-order valence-corrected chi connectivity index (χ3v) is 6.75.